The van der Waals surface area contributed by atoms with Crippen molar-refractivity contribution in [3.05, 3.63) is 54.9 Å². The van der Waals surface area contributed by atoms with E-state index in [0.717, 1.165) is 17.7 Å². The highest BCUT2D eigenvalue weighted by Gasteiger charge is 2.11. The van der Waals surface area contributed by atoms with E-state index in [0.29, 0.717) is 17.7 Å². The summed E-state index contributed by atoms with van der Waals surface area (Å²) >= 11 is 3.01. The lowest BCUT2D eigenvalue weighted by atomic mass is 10.3. The predicted molar refractivity (Wildman–Crippen MR) is 103 cm³/mol. The summed E-state index contributed by atoms with van der Waals surface area (Å²) in [5.41, 5.74) is 0.757. The van der Waals surface area contributed by atoms with Crippen LogP contribution in [0, 0.1) is 0 Å². The van der Waals surface area contributed by atoms with E-state index in [4.69, 9.17) is 4.42 Å². The van der Waals surface area contributed by atoms with Crippen molar-refractivity contribution in [1.29, 1.82) is 0 Å². The number of nitrogens with one attached hydrogen (secondary N) is 1. The van der Waals surface area contributed by atoms with Crippen LogP contribution in [0.4, 0.5) is 0 Å². The fraction of sp³-hybridized carbons (Fsp3) is 0.222. The van der Waals surface area contributed by atoms with Crippen LogP contribution in [-0.4, -0.2) is 39.1 Å². The van der Waals surface area contributed by atoms with Gasteiger partial charge in [0, 0.05) is 23.8 Å². The second kappa shape index (κ2) is 9.98. The molecule has 0 bridgehead atoms. The van der Waals surface area contributed by atoms with Crippen LogP contribution in [0.1, 0.15) is 6.42 Å². The molecule has 0 aliphatic rings. The van der Waals surface area contributed by atoms with Gasteiger partial charge in [-0.05, 0) is 36.4 Å². The molecule has 0 aliphatic carbocycles. The van der Waals surface area contributed by atoms with Gasteiger partial charge in [-0.3, -0.25) is 9.78 Å². The van der Waals surface area contributed by atoms with E-state index < -0.39 is 0 Å². The number of amides is 1. The highest BCUT2D eigenvalue weighted by Crippen LogP contribution is 2.22. The molecular weight excluding hydrogens is 368 g/mol. The van der Waals surface area contributed by atoms with Crippen LogP contribution in [0.3, 0.4) is 0 Å². The van der Waals surface area contributed by atoms with Crippen LogP contribution >= 0.6 is 23.5 Å². The van der Waals surface area contributed by atoms with Crippen molar-refractivity contribution in [1.82, 2.24) is 20.5 Å². The fourth-order valence-electron chi connectivity index (χ4n) is 2.06. The Bertz CT molecular complexity index is 812. The van der Waals surface area contributed by atoms with E-state index >= 15 is 0 Å². The van der Waals surface area contributed by atoms with Crippen LogP contribution in [0.15, 0.2) is 69.4 Å². The maximum Gasteiger partial charge on any atom is 0.277 e. The predicted octanol–water partition coefficient (Wildman–Crippen LogP) is 3.52. The van der Waals surface area contributed by atoms with Crippen LogP contribution < -0.4 is 5.32 Å². The molecule has 3 aromatic rings. The average Bonchev–Trinajstić information content (AvgIpc) is 3.17. The minimum Gasteiger partial charge on any atom is -0.411 e. The first-order chi connectivity index (χ1) is 12.8. The lowest BCUT2D eigenvalue weighted by Crippen LogP contribution is -2.26. The molecule has 6 nitrogen and oxygen atoms in total. The van der Waals surface area contributed by atoms with Gasteiger partial charge in [0.15, 0.2) is 0 Å². The summed E-state index contributed by atoms with van der Waals surface area (Å²) in [6, 6.07) is 13.9. The molecule has 1 N–H and O–H groups in total. The number of hydrogen-bond acceptors (Lipinski definition) is 7. The van der Waals surface area contributed by atoms with Crippen LogP contribution in [0.5, 0.6) is 0 Å². The van der Waals surface area contributed by atoms with Gasteiger partial charge < -0.3 is 9.73 Å². The summed E-state index contributed by atoms with van der Waals surface area (Å²) in [5.74, 6) is 1.58. The standard InChI is InChI=1S/C18H18N4O2S2/c23-16(20-10-5-11-25-15-7-2-1-3-8-15)13-26-18-22-21-17(24-18)14-6-4-9-19-12-14/h1-4,6-9,12H,5,10-11,13H2,(H,20,23). The summed E-state index contributed by atoms with van der Waals surface area (Å²) < 4.78 is 5.53. The van der Waals surface area contributed by atoms with Crippen LogP contribution in [0.25, 0.3) is 11.5 Å². The number of thioether (sulfide) groups is 2. The Morgan fingerprint density at radius 2 is 1.96 bits per heavy atom. The molecule has 0 aliphatic heterocycles. The first-order valence-corrected chi connectivity index (χ1v) is 10.1. The lowest BCUT2D eigenvalue weighted by Gasteiger charge is -2.04. The number of benzene rings is 1. The zero-order valence-corrected chi connectivity index (χ0v) is 15.6. The van der Waals surface area contributed by atoms with Crippen molar-refractivity contribution in [2.75, 3.05) is 18.1 Å². The summed E-state index contributed by atoms with van der Waals surface area (Å²) in [4.78, 5) is 17.1. The summed E-state index contributed by atoms with van der Waals surface area (Å²) in [5, 5.41) is 11.2. The van der Waals surface area contributed by atoms with Crippen molar-refractivity contribution >= 4 is 29.4 Å². The number of aromatic nitrogens is 3. The average molecular weight is 387 g/mol. The summed E-state index contributed by atoms with van der Waals surface area (Å²) in [7, 11) is 0. The Kier molecular flexibility index (Phi) is 7.09. The molecule has 0 saturated carbocycles. The van der Waals surface area contributed by atoms with Gasteiger partial charge in [0.05, 0.1) is 11.3 Å². The van der Waals surface area contributed by atoms with Gasteiger partial charge in [0.1, 0.15) is 0 Å². The van der Waals surface area contributed by atoms with Crippen molar-refractivity contribution in [3.8, 4) is 11.5 Å². The number of carbonyl (C=O) groups is 1. The van der Waals surface area contributed by atoms with Gasteiger partial charge in [0.25, 0.3) is 5.22 Å². The SMILES string of the molecule is O=C(CSc1nnc(-c2cccnc2)o1)NCCCSc1ccccc1. The molecule has 0 unspecified atom stereocenters. The van der Waals surface area contributed by atoms with E-state index in [-0.39, 0.29) is 11.7 Å². The van der Waals surface area contributed by atoms with Gasteiger partial charge in [0.2, 0.25) is 11.8 Å². The van der Waals surface area contributed by atoms with E-state index in [1.54, 1.807) is 30.2 Å². The van der Waals surface area contributed by atoms with E-state index in [2.05, 4.69) is 32.6 Å². The third kappa shape index (κ3) is 5.89. The second-order valence-corrected chi connectivity index (χ2v) is 7.36. The third-order valence-electron chi connectivity index (χ3n) is 3.30. The molecule has 3 rings (SSSR count). The fourth-order valence-corrected chi connectivity index (χ4v) is 3.53. The van der Waals surface area contributed by atoms with Crippen molar-refractivity contribution < 1.29 is 9.21 Å². The summed E-state index contributed by atoms with van der Waals surface area (Å²) in [6.45, 7) is 0.657. The highest BCUT2D eigenvalue weighted by molar-refractivity contribution is 7.99. The van der Waals surface area contributed by atoms with Crippen molar-refractivity contribution in [2.45, 2.75) is 16.5 Å². The molecular formula is C18H18N4O2S2. The zero-order valence-electron chi connectivity index (χ0n) is 14.0. The van der Waals surface area contributed by atoms with Gasteiger partial charge in [-0.25, -0.2) is 0 Å². The van der Waals surface area contributed by atoms with Crippen molar-refractivity contribution in [3.63, 3.8) is 0 Å². The number of nitrogens with zero attached hydrogens (tertiary/aromatic N) is 3. The lowest BCUT2D eigenvalue weighted by molar-refractivity contribution is -0.118. The number of carbonyl (C=O) groups excluding carboxylic acids is 1. The monoisotopic (exact) mass is 386 g/mol. The number of pyridine rings is 1. The molecule has 8 heteroatoms. The Labute approximate surface area is 160 Å². The molecule has 0 fully saturated rings. The minimum absolute atomic E-state index is 0.0409. The Morgan fingerprint density at radius 1 is 1.08 bits per heavy atom. The van der Waals surface area contributed by atoms with Gasteiger partial charge >= 0.3 is 0 Å². The molecule has 0 radical (unpaired) electrons. The van der Waals surface area contributed by atoms with Crippen LogP contribution in [0.2, 0.25) is 0 Å². The van der Waals surface area contributed by atoms with Gasteiger partial charge in [-0.15, -0.1) is 22.0 Å². The maximum atomic E-state index is 11.9. The van der Waals surface area contributed by atoms with Crippen molar-refractivity contribution in [2.24, 2.45) is 0 Å². The molecule has 2 heterocycles. The van der Waals surface area contributed by atoms with Gasteiger partial charge in [-0.2, -0.15) is 0 Å². The number of rotatable bonds is 9. The molecule has 0 spiro atoms. The topological polar surface area (TPSA) is 80.9 Å². The molecule has 0 atom stereocenters. The first kappa shape index (κ1) is 18.5. The molecule has 26 heavy (non-hydrogen) atoms. The second-order valence-electron chi connectivity index (χ2n) is 5.27. The zero-order chi connectivity index (χ0) is 18.0. The maximum absolute atomic E-state index is 11.9. The minimum atomic E-state index is -0.0409. The summed E-state index contributed by atoms with van der Waals surface area (Å²) in [6.07, 6.45) is 4.25. The Morgan fingerprint density at radius 3 is 2.77 bits per heavy atom. The molecule has 0 saturated heterocycles. The molecule has 1 aromatic carbocycles. The largest absolute Gasteiger partial charge is 0.411 e. The molecule has 1 amide bonds. The Balaban J connectivity index is 1.32. The number of hydrogen-bond donors (Lipinski definition) is 1. The highest BCUT2D eigenvalue weighted by atomic mass is 32.2. The third-order valence-corrected chi connectivity index (χ3v) is 5.21. The van der Waals surface area contributed by atoms with E-state index in [1.807, 2.05) is 24.3 Å². The Hall–Kier alpha value is -2.32. The van der Waals surface area contributed by atoms with E-state index in [1.165, 1.54) is 16.7 Å². The first-order valence-electron chi connectivity index (χ1n) is 8.12. The quantitative estimate of drug-likeness (QED) is 0.445. The van der Waals surface area contributed by atoms with Crippen LogP contribution in [-0.2, 0) is 4.79 Å². The van der Waals surface area contributed by atoms with Gasteiger partial charge in [-0.1, -0.05) is 30.0 Å². The normalized spacial score (nSPS) is 10.6. The smallest absolute Gasteiger partial charge is 0.277 e. The molecule has 134 valence electrons. The molecule has 2 aromatic heterocycles. The van der Waals surface area contributed by atoms with E-state index in [9.17, 15) is 4.79 Å².